The maximum absolute atomic E-state index is 11.3. The Morgan fingerprint density at radius 1 is 1.62 bits per heavy atom. The molecule has 0 aliphatic rings. The second-order valence-corrected chi connectivity index (χ2v) is 3.52. The molecule has 0 rings (SSSR count). The fourth-order valence-electron chi connectivity index (χ4n) is 1.53. The SMILES string of the molecule is CCCC(C)C(N)(CC)C(=O)NO. The molecule has 0 aromatic rings. The van der Waals surface area contributed by atoms with Gasteiger partial charge in [-0.15, -0.1) is 0 Å². The minimum atomic E-state index is -0.940. The number of carbonyl (C=O) groups is 1. The fourth-order valence-corrected chi connectivity index (χ4v) is 1.53. The summed E-state index contributed by atoms with van der Waals surface area (Å²) in [4.78, 5) is 11.3. The second-order valence-electron chi connectivity index (χ2n) is 3.52. The van der Waals surface area contributed by atoms with Crippen molar-refractivity contribution in [3.63, 3.8) is 0 Å². The van der Waals surface area contributed by atoms with Crippen LogP contribution in [-0.4, -0.2) is 16.7 Å². The van der Waals surface area contributed by atoms with E-state index in [1.54, 1.807) is 5.48 Å². The van der Waals surface area contributed by atoms with E-state index in [0.717, 1.165) is 12.8 Å². The van der Waals surface area contributed by atoms with E-state index >= 15 is 0 Å². The Kier molecular flexibility index (Phi) is 4.95. The summed E-state index contributed by atoms with van der Waals surface area (Å²) in [6, 6.07) is 0. The minimum Gasteiger partial charge on any atom is -0.317 e. The van der Waals surface area contributed by atoms with Crippen LogP contribution in [0, 0.1) is 5.92 Å². The van der Waals surface area contributed by atoms with Gasteiger partial charge in [-0.3, -0.25) is 10.0 Å². The van der Waals surface area contributed by atoms with Gasteiger partial charge in [0, 0.05) is 0 Å². The van der Waals surface area contributed by atoms with Gasteiger partial charge in [0.25, 0.3) is 5.91 Å². The maximum Gasteiger partial charge on any atom is 0.263 e. The summed E-state index contributed by atoms with van der Waals surface area (Å²) in [6.07, 6.45) is 2.40. The molecule has 2 atom stereocenters. The first-order chi connectivity index (χ1) is 6.02. The van der Waals surface area contributed by atoms with Crippen LogP contribution < -0.4 is 11.2 Å². The van der Waals surface area contributed by atoms with Crippen LogP contribution in [0.1, 0.15) is 40.0 Å². The predicted octanol–water partition coefficient (Wildman–Crippen LogP) is 1.04. The van der Waals surface area contributed by atoms with Crippen molar-refractivity contribution >= 4 is 5.91 Å². The molecule has 0 bridgehead atoms. The molecule has 0 radical (unpaired) electrons. The molecular weight excluding hydrogens is 168 g/mol. The van der Waals surface area contributed by atoms with Crippen molar-refractivity contribution in [3.8, 4) is 0 Å². The first-order valence-electron chi connectivity index (χ1n) is 4.76. The molecule has 4 N–H and O–H groups in total. The minimum absolute atomic E-state index is 0.0784. The van der Waals surface area contributed by atoms with Gasteiger partial charge >= 0.3 is 0 Å². The normalized spacial score (nSPS) is 17.6. The van der Waals surface area contributed by atoms with Crippen LogP contribution >= 0.6 is 0 Å². The van der Waals surface area contributed by atoms with Crippen LogP contribution in [0.2, 0.25) is 0 Å². The Hall–Kier alpha value is -0.610. The Labute approximate surface area is 79.5 Å². The summed E-state index contributed by atoms with van der Waals surface area (Å²) in [5, 5.41) is 8.54. The Morgan fingerprint density at radius 3 is 2.46 bits per heavy atom. The number of amides is 1. The molecule has 0 aromatic heterocycles. The van der Waals surface area contributed by atoms with Gasteiger partial charge in [-0.1, -0.05) is 27.2 Å². The molecule has 2 unspecified atom stereocenters. The summed E-state index contributed by atoms with van der Waals surface area (Å²) in [5.41, 5.74) is 6.60. The lowest BCUT2D eigenvalue weighted by Gasteiger charge is -2.31. The third-order valence-electron chi connectivity index (χ3n) is 2.71. The van der Waals surface area contributed by atoms with Crippen LogP contribution in [0.4, 0.5) is 0 Å². The second kappa shape index (κ2) is 5.19. The van der Waals surface area contributed by atoms with Gasteiger partial charge in [0.2, 0.25) is 0 Å². The number of nitrogens with two attached hydrogens (primary N) is 1. The quantitative estimate of drug-likeness (QED) is 0.445. The summed E-state index contributed by atoms with van der Waals surface area (Å²) in [6.45, 7) is 5.83. The number of hydrogen-bond donors (Lipinski definition) is 3. The van der Waals surface area contributed by atoms with Crippen molar-refractivity contribution in [1.29, 1.82) is 0 Å². The van der Waals surface area contributed by atoms with Crippen molar-refractivity contribution in [2.24, 2.45) is 11.7 Å². The molecule has 4 heteroatoms. The maximum atomic E-state index is 11.3. The highest BCUT2D eigenvalue weighted by atomic mass is 16.5. The topological polar surface area (TPSA) is 75.4 Å². The standard InChI is InChI=1S/C9H20N2O2/c1-4-6-7(3)9(10,5-2)8(12)11-13/h7,13H,4-6,10H2,1-3H3,(H,11,12). The van der Waals surface area contributed by atoms with Crippen molar-refractivity contribution < 1.29 is 10.0 Å². The van der Waals surface area contributed by atoms with Crippen LogP contribution in [0.25, 0.3) is 0 Å². The smallest absolute Gasteiger partial charge is 0.263 e. The summed E-state index contributed by atoms with van der Waals surface area (Å²) in [5.74, 6) is -0.411. The van der Waals surface area contributed by atoms with E-state index in [1.807, 2.05) is 20.8 Å². The van der Waals surface area contributed by atoms with Crippen molar-refractivity contribution in [2.45, 2.75) is 45.6 Å². The lowest BCUT2D eigenvalue weighted by atomic mass is 9.80. The Morgan fingerprint density at radius 2 is 2.15 bits per heavy atom. The van der Waals surface area contributed by atoms with Gasteiger partial charge in [0.15, 0.2) is 0 Å². The van der Waals surface area contributed by atoms with Crippen LogP contribution in [0.5, 0.6) is 0 Å². The third-order valence-corrected chi connectivity index (χ3v) is 2.71. The number of hydrogen-bond acceptors (Lipinski definition) is 3. The molecular formula is C9H20N2O2. The van der Waals surface area contributed by atoms with Crippen molar-refractivity contribution in [1.82, 2.24) is 5.48 Å². The lowest BCUT2D eigenvalue weighted by molar-refractivity contribution is -0.137. The molecule has 13 heavy (non-hydrogen) atoms. The monoisotopic (exact) mass is 188 g/mol. The van der Waals surface area contributed by atoms with Gasteiger partial charge in [-0.2, -0.15) is 0 Å². The van der Waals surface area contributed by atoms with Crippen molar-refractivity contribution in [2.75, 3.05) is 0 Å². The molecule has 0 spiro atoms. The zero-order valence-corrected chi connectivity index (χ0v) is 8.63. The number of rotatable bonds is 5. The van der Waals surface area contributed by atoms with E-state index in [-0.39, 0.29) is 5.92 Å². The summed E-state index contributed by atoms with van der Waals surface area (Å²) < 4.78 is 0. The zero-order valence-electron chi connectivity index (χ0n) is 8.63. The average molecular weight is 188 g/mol. The predicted molar refractivity (Wildman–Crippen MR) is 51.2 cm³/mol. The first-order valence-corrected chi connectivity index (χ1v) is 4.76. The largest absolute Gasteiger partial charge is 0.317 e. The molecule has 0 saturated carbocycles. The first kappa shape index (κ1) is 12.4. The van der Waals surface area contributed by atoms with E-state index in [4.69, 9.17) is 10.9 Å². The zero-order chi connectivity index (χ0) is 10.5. The van der Waals surface area contributed by atoms with E-state index in [2.05, 4.69) is 0 Å². The van der Waals surface area contributed by atoms with Crippen molar-refractivity contribution in [3.05, 3.63) is 0 Å². The molecule has 0 heterocycles. The molecule has 0 aromatic carbocycles. The number of carbonyl (C=O) groups excluding carboxylic acids is 1. The van der Waals surface area contributed by atoms with Crippen LogP contribution in [0.15, 0.2) is 0 Å². The molecule has 0 aliphatic heterocycles. The summed E-state index contributed by atoms with van der Waals surface area (Å²) in [7, 11) is 0. The molecule has 78 valence electrons. The van der Waals surface area contributed by atoms with E-state index in [0.29, 0.717) is 6.42 Å². The molecule has 0 saturated heterocycles. The van der Waals surface area contributed by atoms with Gasteiger partial charge in [-0.05, 0) is 18.8 Å². The third kappa shape index (κ3) is 2.67. The lowest BCUT2D eigenvalue weighted by Crippen LogP contribution is -2.57. The number of nitrogens with one attached hydrogen (secondary N) is 1. The highest BCUT2D eigenvalue weighted by molar-refractivity contribution is 5.85. The molecule has 0 aliphatic carbocycles. The highest BCUT2D eigenvalue weighted by Crippen LogP contribution is 2.22. The van der Waals surface area contributed by atoms with Crippen LogP contribution in [-0.2, 0) is 4.79 Å². The molecule has 4 nitrogen and oxygen atoms in total. The molecule has 1 amide bonds. The fraction of sp³-hybridized carbons (Fsp3) is 0.889. The number of hydroxylamine groups is 1. The Bertz CT molecular complexity index is 173. The van der Waals surface area contributed by atoms with Gasteiger partial charge < -0.3 is 5.73 Å². The van der Waals surface area contributed by atoms with Gasteiger partial charge in [0.1, 0.15) is 0 Å². The highest BCUT2D eigenvalue weighted by Gasteiger charge is 2.37. The van der Waals surface area contributed by atoms with E-state index < -0.39 is 11.4 Å². The van der Waals surface area contributed by atoms with E-state index in [1.165, 1.54) is 0 Å². The van der Waals surface area contributed by atoms with E-state index in [9.17, 15) is 4.79 Å². The van der Waals surface area contributed by atoms with Gasteiger partial charge in [-0.25, -0.2) is 5.48 Å². The summed E-state index contributed by atoms with van der Waals surface area (Å²) >= 11 is 0. The van der Waals surface area contributed by atoms with Gasteiger partial charge in [0.05, 0.1) is 5.54 Å². The Balaban J connectivity index is 4.51. The van der Waals surface area contributed by atoms with Crippen LogP contribution in [0.3, 0.4) is 0 Å². The molecule has 0 fully saturated rings. The average Bonchev–Trinajstić information content (AvgIpc) is 2.15.